The molecule has 2 atom stereocenters. The topological polar surface area (TPSA) is 35.8 Å². The predicted molar refractivity (Wildman–Crippen MR) is 52.9 cm³/mol. The summed E-state index contributed by atoms with van der Waals surface area (Å²) in [4.78, 5) is 0. The molecular formula is C10H12N2O. The summed E-state index contributed by atoms with van der Waals surface area (Å²) in [5.74, 6) is 0. The number of benzene rings is 1. The second kappa shape index (κ2) is 3.18. The van der Waals surface area contributed by atoms with Crippen LogP contribution < -0.4 is 5.01 Å². The Hall–Kier alpha value is -1.35. The van der Waals surface area contributed by atoms with Crippen molar-refractivity contribution in [2.45, 2.75) is 19.1 Å². The van der Waals surface area contributed by atoms with Crippen LogP contribution >= 0.6 is 0 Å². The average molecular weight is 176 g/mol. The van der Waals surface area contributed by atoms with Gasteiger partial charge in [0.1, 0.15) is 6.10 Å². The van der Waals surface area contributed by atoms with Crippen LogP contribution in [0, 0.1) is 0 Å². The standard InChI is InChI=1S/C10H12N2O/c1-8-10(13)7-11-12(8)9-5-3-2-4-6-9/h2-8,10,13H,1H3/t8-,10-/m1/s1. The zero-order chi connectivity index (χ0) is 9.26. The second-order valence-corrected chi connectivity index (χ2v) is 3.18. The molecule has 0 spiro atoms. The Kier molecular flexibility index (Phi) is 2.02. The maximum atomic E-state index is 9.44. The highest BCUT2D eigenvalue weighted by atomic mass is 16.3. The highest BCUT2D eigenvalue weighted by Crippen LogP contribution is 2.21. The third-order valence-corrected chi connectivity index (χ3v) is 2.24. The van der Waals surface area contributed by atoms with Crippen molar-refractivity contribution in [3.8, 4) is 0 Å². The number of anilines is 1. The van der Waals surface area contributed by atoms with Gasteiger partial charge < -0.3 is 5.11 Å². The molecule has 1 aromatic carbocycles. The number of para-hydroxylation sites is 1. The number of hydrogen-bond donors (Lipinski definition) is 1. The molecule has 68 valence electrons. The zero-order valence-electron chi connectivity index (χ0n) is 7.46. The Morgan fingerprint density at radius 3 is 2.54 bits per heavy atom. The van der Waals surface area contributed by atoms with E-state index in [4.69, 9.17) is 0 Å². The lowest BCUT2D eigenvalue weighted by molar-refractivity contribution is 0.227. The van der Waals surface area contributed by atoms with Crippen molar-refractivity contribution in [2.24, 2.45) is 5.10 Å². The monoisotopic (exact) mass is 176 g/mol. The van der Waals surface area contributed by atoms with Crippen molar-refractivity contribution < 1.29 is 5.11 Å². The summed E-state index contributed by atoms with van der Waals surface area (Å²) in [6.07, 6.45) is 1.11. The summed E-state index contributed by atoms with van der Waals surface area (Å²) in [5.41, 5.74) is 1.02. The molecule has 1 N–H and O–H groups in total. The number of rotatable bonds is 1. The normalized spacial score (nSPS) is 26.8. The van der Waals surface area contributed by atoms with Gasteiger partial charge in [0.25, 0.3) is 0 Å². The van der Waals surface area contributed by atoms with Crippen LogP contribution in [0.15, 0.2) is 35.4 Å². The van der Waals surface area contributed by atoms with Crippen LogP contribution in [0.2, 0.25) is 0 Å². The first-order valence-corrected chi connectivity index (χ1v) is 4.35. The minimum atomic E-state index is -0.458. The van der Waals surface area contributed by atoms with Gasteiger partial charge in [0.2, 0.25) is 0 Å². The van der Waals surface area contributed by atoms with Gasteiger partial charge in [-0.25, -0.2) is 0 Å². The van der Waals surface area contributed by atoms with Crippen LogP contribution in [0.3, 0.4) is 0 Å². The highest BCUT2D eigenvalue weighted by molar-refractivity contribution is 5.71. The average Bonchev–Trinajstić information content (AvgIpc) is 2.49. The van der Waals surface area contributed by atoms with Gasteiger partial charge in [0.15, 0.2) is 0 Å². The predicted octanol–water partition coefficient (Wildman–Crippen LogP) is 1.24. The number of aliphatic hydroxyl groups is 1. The van der Waals surface area contributed by atoms with Gasteiger partial charge in [-0.2, -0.15) is 5.10 Å². The SMILES string of the molecule is C[C@@H]1[C@H](O)C=NN1c1ccccc1. The fourth-order valence-electron chi connectivity index (χ4n) is 1.40. The lowest BCUT2D eigenvalue weighted by Crippen LogP contribution is -2.32. The molecule has 0 aliphatic carbocycles. The van der Waals surface area contributed by atoms with Crippen LogP contribution in [-0.4, -0.2) is 23.5 Å². The number of hydrazone groups is 1. The fraction of sp³-hybridized carbons (Fsp3) is 0.300. The minimum Gasteiger partial charge on any atom is -0.385 e. The van der Waals surface area contributed by atoms with Crippen LogP contribution in [0.25, 0.3) is 0 Å². The molecule has 1 aliphatic rings. The molecule has 3 nitrogen and oxygen atoms in total. The molecule has 0 aromatic heterocycles. The first-order valence-electron chi connectivity index (χ1n) is 4.35. The van der Waals surface area contributed by atoms with Crippen molar-refractivity contribution in [2.75, 3.05) is 5.01 Å². The largest absolute Gasteiger partial charge is 0.385 e. The van der Waals surface area contributed by atoms with Crippen molar-refractivity contribution >= 4 is 11.9 Å². The van der Waals surface area contributed by atoms with E-state index in [1.165, 1.54) is 0 Å². The molecule has 0 fully saturated rings. The van der Waals surface area contributed by atoms with E-state index < -0.39 is 6.10 Å². The molecule has 1 aliphatic heterocycles. The Balaban J connectivity index is 2.24. The van der Waals surface area contributed by atoms with Gasteiger partial charge in [0, 0.05) is 0 Å². The highest BCUT2D eigenvalue weighted by Gasteiger charge is 2.25. The fourth-order valence-corrected chi connectivity index (χ4v) is 1.40. The lowest BCUT2D eigenvalue weighted by atomic mass is 10.2. The smallest absolute Gasteiger partial charge is 0.113 e. The zero-order valence-corrected chi connectivity index (χ0v) is 7.46. The van der Waals surface area contributed by atoms with Gasteiger partial charge in [-0.3, -0.25) is 5.01 Å². The maximum absolute atomic E-state index is 9.44. The van der Waals surface area contributed by atoms with E-state index in [1.807, 2.05) is 42.3 Å². The first-order chi connectivity index (χ1) is 6.29. The summed E-state index contributed by atoms with van der Waals surface area (Å²) >= 11 is 0. The molecule has 0 radical (unpaired) electrons. The molecule has 2 rings (SSSR count). The summed E-state index contributed by atoms with van der Waals surface area (Å²) in [6, 6.07) is 9.87. The van der Waals surface area contributed by atoms with Crippen LogP contribution in [0.5, 0.6) is 0 Å². The van der Waals surface area contributed by atoms with E-state index in [0.717, 1.165) is 5.69 Å². The Morgan fingerprint density at radius 2 is 2.00 bits per heavy atom. The Labute approximate surface area is 77.3 Å². The third kappa shape index (κ3) is 1.42. The number of hydrogen-bond acceptors (Lipinski definition) is 3. The van der Waals surface area contributed by atoms with Crippen molar-refractivity contribution in [3.05, 3.63) is 30.3 Å². The van der Waals surface area contributed by atoms with E-state index in [9.17, 15) is 5.11 Å². The van der Waals surface area contributed by atoms with E-state index in [1.54, 1.807) is 6.21 Å². The summed E-state index contributed by atoms with van der Waals surface area (Å²) in [6.45, 7) is 1.95. The van der Waals surface area contributed by atoms with Crippen LogP contribution in [0.4, 0.5) is 5.69 Å². The van der Waals surface area contributed by atoms with Crippen LogP contribution in [-0.2, 0) is 0 Å². The molecule has 0 bridgehead atoms. The number of nitrogens with zero attached hydrogens (tertiary/aromatic N) is 2. The van der Waals surface area contributed by atoms with Gasteiger partial charge in [-0.15, -0.1) is 0 Å². The van der Waals surface area contributed by atoms with Gasteiger partial charge in [-0.1, -0.05) is 18.2 Å². The van der Waals surface area contributed by atoms with Gasteiger partial charge in [0.05, 0.1) is 17.9 Å². The minimum absolute atomic E-state index is 0.0300. The quantitative estimate of drug-likeness (QED) is 0.698. The van der Waals surface area contributed by atoms with Gasteiger partial charge in [-0.05, 0) is 19.1 Å². The molecule has 13 heavy (non-hydrogen) atoms. The first kappa shape index (κ1) is 8.26. The van der Waals surface area contributed by atoms with E-state index in [0.29, 0.717) is 0 Å². The third-order valence-electron chi connectivity index (χ3n) is 2.24. The molecule has 0 amide bonds. The van der Waals surface area contributed by atoms with Gasteiger partial charge >= 0.3 is 0 Å². The molecular weight excluding hydrogens is 164 g/mol. The summed E-state index contributed by atoms with van der Waals surface area (Å²) in [5, 5.41) is 15.4. The molecule has 0 saturated heterocycles. The Morgan fingerprint density at radius 1 is 1.31 bits per heavy atom. The summed E-state index contributed by atoms with van der Waals surface area (Å²) in [7, 11) is 0. The summed E-state index contributed by atoms with van der Waals surface area (Å²) < 4.78 is 0. The molecule has 3 heteroatoms. The van der Waals surface area contributed by atoms with Crippen molar-refractivity contribution in [3.63, 3.8) is 0 Å². The number of aliphatic hydroxyl groups excluding tert-OH is 1. The van der Waals surface area contributed by atoms with Crippen molar-refractivity contribution in [1.82, 2.24) is 0 Å². The lowest BCUT2D eigenvalue weighted by Gasteiger charge is -2.21. The molecule has 1 heterocycles. The van der Waals surface area contributed by atoms with Crippen molar-refractivity contribution in [1.29, 1.82) is 0 Å². The molecule has 0 saturated carbocycles. The van der Waals surface area contributed by atoms with E-state index in [2.05, 4.69) is 5.10 Å². The molecule has 0 unspecified atom stereocenters. The molecule has 1 aromatic rings. The second-order valence-electron chi connectivity index (χ2n) is 3.18. The van der Waals surface area contributed by atoms with E-state index >= 15 is 0 Å². The van der Waals surface area contributed by atoms with E-state index in [-0.39, 0.29) is 6.04 Å². The van der Waals surface area contributed by atoms with Crippen LogP contribution in [0.1, 0.15) is 6.92 Å². The maximum Gasteiger partial charge on any atom is 0.113 e. The Bertz CT molecular complexity index is 310.